The first-order valence-corrected chi connectivity index (χ1v) is 8.53. The van der Waals surface area contributed by atoms with Gasteiger partial charge in [0.2, 0.25) is 0 Å². The molecule has 0 aliphatic carbocycles. The second-order valence-corrected chi connectivity index (χ2v) is 6.57. The van der Waals surface area contributed by atoms with Crippen molar-refractivity contribution in [2.24, 2.45) is 0 Å². The molecule has 26 heavy (non-hydrogen) atoms. The van der Waals surface area contributed by atoms with Crippen LogP contribution < -0.4 is 11.3 Å². The first-order chi connectivity index (χ1) is 12.5. The SMILES string of the molecule is Cc1ccccc1-n1c(Cn2cc(N)cn2)cc2cccc(C)c2c1=O. The average molecular weight is 344 g/mol. The van der Waals surface area contributed by atoms with Crippen LogP contribution in [0.15, 0.2) is 65.7 Å². The third-order valence-corrected chi connectivity index (χ3v) is 4.66. The topological polar surface area (TPSA) is 65.8 Å². The molecule has 0 atom stereocenters. The van der Waals surface area contributed by atoms with E-state index in [2.05, 4.69) is 11.2 Å². The minimum absolute atomic E-state index is 0.00923. The third-order valence-electron chi connectivity index (χ3n) is 4.66. The number of hydrogen-bond acceptors (Lipinski definition) is 3. The number of para-hydroxylation sites is 1. The molecular weight excluding hydrogens is 324 g/mol. The average Bonchev–Trinajstić information content (AvgIpc) is 3.01. The van der Waals surface area contributed by atoms with Crippen LogP contribution in [-0.4, -0.2) is 14.3 Å². The van der Waals surface area contributed by atoms with Gasteiger partial charge in [-0.3, -0.25) is 14.0 Å². The molecule has 0 bridgehead atoms. The van der Waals surface area contributed by atoms with E-state index in [0.717, 1.165) is 33.3 Å². The maximum Gasteiger partial charge on any atom is 0.263 e. The smallest absolute Gasteiger partial charge is 0.263 e. The van der Waals surface area contributed by atoms with Crippen molar-refractivity contribution in [2.75, 3.05) is 5.73 Å². The quantitative estimate of drug-likeness (QED) is 0.619. The van der Waals surface area contributed by atoms with Gasteiger partial charge < -0.3 is 5.73 Å². The summed E-state index contributed by atoms with van der Waals surface area (Å²) in [4.78, 5) is 13.4. The fraction of sp³-hybridized carbons (Fsp3) is 0.143. The van der Waals surface area contributed by atoms with Gasteiger partial charge in [0.05, 0.1) is 29.5 Å². The van der Waals surface area contributed by atoms with E-state index in [1.165, 1.54) is 0 Å². The van der Waals surface area contributed by atoms with Gasteiger partial charge in [-0.2, -0.15) is 5.10 Å². The number of aromatic nitrogens is 3. The highest BCUT2D eigenvalue weighted by molar-refractivity contribution is 5.85. The van der Waals surface area contributed by atoms with Gasteiger partial charge >= 0.3 is 0 Å². The Balaban J connectivity index is 2.04. The lowest BCUT2D eigenvalue weighted by Crippen LogP contribution is -2.24. The Labute approximate surface area is 151 Å². The highest BCUT2D eigenvalue weighted by atomic mass is 16.1. The molecule has 2 N–H and O–H groups in total. The summed E-state index contributed by atoms with van der Waals surface area (Å²) in [5.41, 5.74) is 10.2. The lowest BCUT2D eigenvalue weighted by molar-refractivity contribution is 0.655. The van der Waals surface area contributed by atoms with Gasteiger partial charge in [0.25, 0.3) is 5.56 Å². The number of aryl methyl sites for hydroxylation is 2. The third kappa shape index (κ3) is 2.67. The summed E-state index contributed by atoms with van der Waals surface area (Å²) in [6, 6.07) is 15.9. The van der Waals surface area contributed by atoms with Crippen LogP contribution in [0.25, 0.3) is 16.5 Å². The number of rotatable bonds is 3. The standard InChI is InChI=1S/C21H20N4O/c1-14-6-3-4-9-19(14)25-18(13-24-12-17(22)11-23-24)10-16-8-5-7-15(2)20(16)21(25)26/h3-12H,13,22H2,1-2H3. The number of pyridine rings is 1. The van der Waals surface area contributed by atoms with Crippen molar-refractivity contribution in [1.82, 2.24) is 14.3 Å². The Morgan fingerprint density at radius 1 is 1.04 bits per heavy atom. The van der Waals surface area contributed by atoms with Crippen LogP contribution in [-0.2, 0) is 6.54 Å². The zero-order chi connectivity index (χ0) is 18.3. The van der Waals surface area contributed by atoms with Crippen molar-refractivity contribution in [1.29, 1.82) is 0 Å². The minimum Gasteiger partial charge on any atom is -0.396 e. The monoisotopic (exact) mass is 344 g/mol. The lowest BCUT2D eigenvalue weighted by atomic mass is 10.1. The second kappa shape index (κ2) is 6.19. The van der Waals surface area contributed by atoms with Crippen molar-refractivity contribution >= 4 is 16.5 Å². The molecular formula is C21H20N4O. The molecule has 0 aliphatic rings. The highest BCUT2D eigenvalue weighted by Crippen LogP contribution is 2.21. The van der Waals surface area contributed by atoms with E-state index >= 15 is 0 Å². The van der Waals surface area contributed by atoms with Crippen LogP contribution in [0.5, 0.6) is 0 Å². The second-order valence-electron chi connectivity index (χ2n) is 6.57. The molecule has 0 saturated carbocycles. The maximum atomic E-state index is 13.4. The van der Waals surface area contributed by atoms with Gasteiger partial charge in [-0.1, -0.05) is 36.4 Å². The molecule has 2 aromatic carbocycles. The van der Waals surface area contributed by atoms with E-state index < -0.39 is 0 Å². The Kier molecular flexibility index (Phi) is 3.84. The summed E-state index contributed by atoms with van der Waals surface area (Å²) in [5.74, 6) is 0. The Morgan fingerprint density at radius 2 is 1.81 bits per heavy atom. The summed E-state index contributed by atoms with van der Waals surface area (Å²) >= 11 is 0. The van der Waals surface area contributed by atoms with Crippen molar-refractivity contribution in [3.8, 4) is 5.69 Å². The maximum absolute atomic E-state index is 13.4. The number of hydrogen-bond donors (Lipinski definition) is 1. The summed E-state index contributed by atoms with van der Waals surface area (Å²) in [7, 11) is 0. The molecule has 2 heterocycles. The predicted molar refractivity (Wildman–Crippen MR) is 105 cm³/mol. The summed E-state index contributed by atoms with van der Waals surface area (Å²) in [5, 5.41) is 5.96. The normalized spacial score (nSPS) is 11.2. The Morgan fingerprint density at radius 3 is 2.54 bits per heavy atom. The Bertz CT molecular complexity index is 1170. The van der Waals surface area contributed by atoms with Crippen LogP contribution >= 0.6 is 0 Å². The predicted octanol–water partition coefficient (Wildman–Crippen LogP) is 3.43. The molecule has 5 heteroatoms. The molecule has 4 aromatic rings. The van der Waals surface area contributed by atoms with Gasteiger partial charge in [-0.15, -0.1) is 0 Å². The number of benzene rings is 2. The molecule has 0 spiro atoms. The molecule has 0 fully saturated rings. The summed E-state index contributed by atoms with van der Waals surface area (Å²) < 4.78 is 3.54. The first kappa shape index (κ1) is 16.1. The largest absolute Gasteiger partial charge is 0.396 e. The zero-order valence-corrected chi connectivity index (χ0v) is 14.8. The van der Waals surface area contributed by atoms with Gasteiger partial charge in [0, 0.05) is 11.9 Å². The van der Waals surface area contributed by atoms with Crippen molar-refractivity contribution in [3.05, 3.63) is 88.1 Å². The van der Waals surface area contributed by atoms with Crippen molar-refractivity contribution < 1.29 is 0 Å². The van der Waals surface area contributed by atoms with E-state index in [4.69, 9.17) is 5.73 Å². The fourth-order valence-electron chi connectivity index (χ4n) is 3.42. The summed E-state index contributed by atoms with van der Waals surface area (Å²) in [6.07, 6.45) is 3.38. The molecule has 0 aliphatic heterocycles. The fourth-order valence-corrected chi connectivity index (χ4v) is 3.42. The van der Waals surface area contributed by atoms with Crippen LogP contribution in [0.1, 0.15) is 16.8 Å². The number of nitrogens with zero attached hydrogens (tertiary/aromatic N) is 3. The lowest BCUT2D eigenvalue weighted by Gasteiger charge is -2.17. The molecule has 5 nitrogen and oxygen atoms in total. The van der Waals surface area contributed by atoms with Crippen LogP contribution in [0.2, 0.25) is 0 Å². The first-order valence-electron chi connectivity index (χ1n) is 8.53. The molecule has 130 valence electrons. The Hall–Kier alpha value is -3.34. The molecule has 0 saturated heterocycles. The van der Waals surface area contributed by atoms with Crippen LogP contribution in [0, 0.1) is 13.8 Å². The van der Waals surface area contributed by atoms with E-state index in [9.17, 15) is 4.79 Å². The van der Waals surface area contributed by atoms with E-state index in [1.54, 1.807) is 21.6 Å². The van der Waals surface area contributed by atoms with Gasteiger partial charge in [0.15, 0.2) is 0 Å². The molecule has 2 aromatic heterocycles. The van der Waals surface area contributed by atoms with E-state index in [0.29, 0.717) is 12.2 Å². The van der Waals surface area contributed by atoms with Gasteiger partial charge in [0.1, 0.15) is 0 Å². The molecule has 0 unspecified atom stereocenters. The molecule has 4 rings (SSSR count). The number of anilines is 1. The van der Waals surface area contributed by atoms with Crippen molar-refractivity contribution in [3.63, 3.8) is 0 Å². The van der Waals surface area contributed by atoms with E-state index in [1.807, 2.05) is 56.3 Å². The molecule has 0 amide bonds. The van der Waals surface area contributed by atoms with Gasteiger partial charge in [-0.25, -0.2) is 0 Å². The highest BCUT2D eigenvalue weighted by Gasteiger charge is 2.14. The zero-order valence-electron chi connectivity index (χ0n) is 14.8. The number of nitrogen functional groups attached to an aromatic ring is 1. The van der Waals surface area contributed by atoms with Gasteiger partial charge in [-0.05, 0) is 42.5 Å². The van der Waals surface area contributed by atoms with Crippen molar-refractivity contribution in [2.45, 2.75) is 20.4 Å². The number of fused-ring (bicyclic) bond motifs is 1. The number of nitrogens with two attached hydrogens (primary N) is 1. The van der Waals surface area contributed by atoms with Crippen LogP contribution in [0.4, 0.5) is 5.69 Å². The summed E-state index contributed by atoms with van der Waals surface area (Å²) in [6.45, 7) is 4.45. The minimum atomic E-state index is -0.00923. The van der Waals surface area contributed by atoms with Crippen LogP contribution in [0.3, 0.4) is 0 Å². The van der Waals surface area contributed by atoms with E-state index in [-0.39, 0.29) is 5.56 Å². The molecule has 0 radical (unpaired) electrons.